The lowest BCUT2D eigenvalue weighted by molar-refractivity contribution is -0.134. The first-order valence-electron chi connectivity index (χ1n) is 6.52. The van der Waals surface area contributed by atoms with Crippen molar-refractivity contribution in [3.63, 3.8) is 0 Å². The second-order valence-corrected chi connectivity index (χ2v) is 4.50. The normalized spacial score (nSPS) is 10.7. The van der Waals surface area contributed by atoms with Crippen LogP contribution in [-0.4, -0.2) is 19.2 Å². The summed E-state index contributed by atoms with van der Waals surface area (Å²) in [5.74, 6) is 0.897. The fraction of sp³-hybridized carbons (Fsp3) is 0.533. The van der Waals surface area contributed by atoms with Gasteiger partial charge in [-0.3, -0.25) is 4.79 Å². The molecule has 0 aliphatic rings. The van der Waals surface area contributed by atoms with Gasteiger partial charge in [0, 0.05) is 19.6 Å². The Balaban J connectivity index is 2.35. The van der Waals surface area contributed by atoms with E-state index < -0.39 is 0 Å². The maximum absolute atomic E-state index is 11.5. The van der Waals surface area contributed by atoms with Gasteiger partial charge in [-0.15, -0.1) is 0 Å². The van der Waals surface area contributed by atoms with Gasteiger partial charge in [-0.2, -0.15) is 0 Å². The zero-order chi connectivity index (χ0) is 13.4. The molecule has 1 aromatic carbocycles. The molecule has 0 heterocycles. The maximum Gasteiger partial charge on any atom is 0.311 e. The highest BCUT2D eigenvalue weighted by Gasteiger charge is 2.05. The fourth-order valence-corrected chi connectivity index (χ4v) is 1.57. The van der Waals surface area contributed by atoms with Gasteiger partial charge < -0.3 is 9.47 Å². The van der Waals surface area contributed by atoms with E-state index in [2.05, 4.69) is 13.8 Å². The molecule has 0 amide bonds. The molecule has 0 atom stereocenters. The molecule has 0 spiro atoms. The van der Waals surface area contributed by atoms with E-state index in [1.54, 1.807) is 0 Å². The molecule has 1 rings (SSSR count). The smallest absolute Gasteiger partial charge is 0.311 e. The first kappa shape index (κ1) is 14.7. The summed E-state index contributed by atoms with van der Waals surface area (Å²) in [7, 11) is 0. The minimum absolute atomic E-state index is 0.202. The van der Waals surface area contributed by atoms with Crippen LogP contribution in [0.4, 0.5) is 0 Å². The van der Waals surface area contributed by atoms with E-state index in [9.17, 15) is 4.79 Å². The van der Waals surface area contributed by atoms with E-state index in [0.717, 1.165) is 0 Å². The van der Waals surface area contributed by atoms with Crippen LogP contribution in [0.2, 0.25) is 0 Å². The molecule has 0 aliphatic carbocycles. The zero-order valence-corrected chi connectivity index (χ0v) is 11.4. The second kappa shape index (κ2) is 7.88. The molecule has 1 aromatic rings. The molecule has 0 aromatic heterocycles. The third-order valence-corrected chi connectivity index (χ3v) is 2.65. The summed E-state index contributed by atoms with van der Waals surface area (Å²) in [5, 5.41) is 0. The number of hydrogen-bond donors (Lipinski definition) is 0. The predicted octanol–water partition coefficient (Wildman–Crippen LogP) is 3.53. The molecule has 18 heavy (non-hydrogen) atoms. The second-order valence-electron chi connectivity index (χ2n) is 4.50. The highest BCUT2D eigenvalue weighted by Crippen LogP contribution is 2.18. The SMILES string of the molecule is CCOCCCC(=O)Oc1ccc(C(C)C)cc1. The Hall–Kier alpha value is -1.35. The van der Waals surface area contributed by atoms with Crippen molar-refractivity contribution in [3.8, 4) is 5.75 Å². The lowest BCUT2D eigenvalue weighted by Gasteiger charge is -2.07. The third-order valence-electron chi connectivity index (χ3n) is 2.65. The average Bonchev–Trinajstić information content (AvgIpc) is 2.35. The Morgan fingerprint density at radius 1 is 1.22 bits per heavy atom. The van der Waals surface area contributed by atoms with Crippen LogP contribution in [0.3, 0.4) is 0 Å². The first-order valence-corrected chi connectivity index (χ1v) is 6.52. The van der Waals surface area contributed by atoms with E-state index in [-0.39, 0.29) is 5.97 Å². The van der Waals surface area contributed by atoms with Gasteiger partial charge in [0.2, 0.25) is 0 Å². The minimum atomic E-state index is -0.202. The van der Waals surface area contributed by atoms with Gasteiger partial charge in [0.1, 0.15) is 5.75 Å². The highest BCUT2D eigenvalue weighted by atomic mass is 16.5. The van der Waals surface area contributed by atoms with Crippen LogP contribution >= 0.6 is 0 Å². The number of carbonyl (C=O) groups is 1. The van der Waals surface area contributed by atoms with Gasteiger partial charge >= 0.3 is 5.97 Å². The van der Waals surface area contributed by atoms with Crippen molar-refractivity contribution in [1.82, 2.24) is 0 Å². The molecule has 3 heteroatoms. The maximum atomic E-state index is 11.5. The number of benzene rings is 1. The molecule has 0 N–H and O–H groups in total. The molecule has 3 nitrogen and oxygen atoms in total. The van der Waals surface area contributed by atoms with Gasteiger partial charge in [-0.25, -0.2) is 0 Å². The van der Waals surface area contributed by atoms with Gasteiger partial charge in [0.25, 0.3) is 0 Å². The van der Waals surface area contributed by atoms with Crippen molar-refractivity contribution in [2.45, 2.75) is 39.5 Å². The van der Waals surface area contributed by atoms with Gasteiger partial charge in [-0.05, 0) is 37.0 Å². The highest BCUT2D eigenvalue weighted by molar-refractivity contribution is 5.72. The predicted molar refractivity (Wildman–Crippen MR) is 71.9 cm³/mol. The number of esters is 1. The van der Waals surface area contributed by atoms with Crippen LogP contribution in [0.5, 0.6) is 5.75 Å². The molecule has 100 valence electrons. The van der Waals surface area contributed by atoms with Gasteiger partial charge in [-0.1, -0.05) is 26.0 Å². The van der Waals surface area contributed by atoms with Crippen molar-refractivity contribution in [3.05, 3.63) is 29.8 Å². The summed E-state index contributed by atoms with van der Waals surface area (Å²) in [6.45, 7) is 7.50. The van der Waals surface area contributed by atoms with E-state index in [1.165, 1.54) is 5.56 Å². The van der Waals surface area contributed by atoms with Gasteiger partial charge in [0.15, 0.2) is 0 Å². The zero-order valence-electron chi connectivity index (χ0n) is 11.4. The molecule has 0 radical (unpaired) electrons. The van der Waals surface area contributed by atoms with Crippen LogP contribution in [0.15, 0.2) is 24.3 Å². The molecule has 0 aliphatic heterocycles. The van der Waals surface area contributed by atoms with Crippen LogP contribution in [-0.2, 0) is 9.53 Å². The summed E-state index contributed by atoms with van der Waals surface area (Å²) in [6, 6.07) is 7.67. The quantitative estimate of drug-likeness (QED) is 0.422. The Bertz CT molecular complexity index is 355. The summed E-state index contributed by atoms with van der Waals surface area (Å²) < 4.78 is 10.4. The van der Waals surface area contributed by atoms with Crippen LogP contribution < -0.4 is 4.74 Å². The lowest BCUT2D eigenvalue weighted by atomic mass is 10.0. The third kappa shape index (κ3) is 5.32. The fourth-order valence-electron chi connectivity index (χ4n) is 1.57. The topological polar surface area (TPSA) is 35.5 Å². The molecule has 0 saturated carbocycles. The van der Waals surface area contributed by atoms with Crippen molar-refractivity contribution < 1.29 is 14.3 Å². The Morgan fingerprint density at radius 2 is 1.89 bits per heavy atom. The molecule has 0 saturated heterocycles. The molecule has 0 bridgehead atoms. The average molecular weight is 250 g/mol. The van der Waals surface area contributed by atoms with Crippen LogP contribution in [0.25, 0.3) is 0 Å². The minimum Gasteiger partial charge on any atom is -0.427 e. The summed E-state index contributed by atoms with van der Waals surface area (Å²) in [4.78, 5) is 11.5. The monoisotopic (exact) mass is 250 g/mol. The summed E-state index contributed by atoms with van der Waals surface area (Å²) in [6.07, 6.45) is 1.10. The Labute approximate surface area is 109 Å². The lowest BCUT2D eigenvalue weighted by Crippen LogP contribution is -2.09. The van der Waals surface area contributed by atoms with E-state index >= 15 is 0 Å². The van der Waals surface area contributed by atoms with E-state index in [4.69, 9.17) is 9.47 Å². The standard InChI is InChI=1S/C15H22O3/c1-4-17-11-5-6-15(16)18-14-9-7-13(8-10-14)12(2)3/h7-10,12H,4-6,11H2,1-3H3. The number of hydrogen-bond acceptors (Lipinski definition) is 3. The van der Waals surface area contributed by atoms with Crippen molar-refractivity contribution >= 4 is 5.97 Å². The summed E-state index contributed by atoms with van der Waals surface area (Å²) in [5.41, 5.74) is 1.24. The van der Waals surface area contributed by atoms with Gasteiger partial charge in [0.05, 0.1) is 0 Å². The molecule has 0 fully saturated rings. The number of rotatable bonds is 7. The summed E-state index contributed by atoms with van der Waals surface area (Å²) >= 11 is 0. The molecular formula is C15H22O3. The first-order chi connectivity index (χ1) is 8.63. The number of carbonyl (C=O) groups excluding carboxylic acids is 1. The molecular weight excluding hydrogens is 228 g/mol. The van der Waals surface area contributed by atoms with Crippen molar-refractivity contribution in [2.24, 2.45) is 0 Å². The largest absolute Gasteiger partial charge is 0.427 e. The van der Waals surface area contributed by atoms with Crippen LogP contribution in [0.1, 0.15) is 45.1 Å². The number of ether oxygens (including phenoxy) is 2. The van der Waals surface area contributed by atoms with E-state index in [1.807, 2.05) is 31.2 Å². The van der Waals surface area contributed by atoms with Crippen molar-refractivity contribution in [1.29, 1.82) is 0 Å². The van der Waals surface area contributed by atoms with E-state index in [0.29, 0.717) is 37.7 Å². The Morgan fingerprint density at radius 3 is 2.44 bits per heavy atom. The van der Waals surface area contributed by atoms with Crippen LogP contribution in [0, 0.1) is 0 Å². The molecule has 0 unspecified atom stereocenters. The van der Waals surface area contributed by atoms with Crippen molar-refractivity contribution in [2.75, 3.05) is 13.2 Å². The Kier molecular flexibility index (Phi) is 6.44.